The van der Waals surface area contributed by atoms with E-state index < -0.39 is 0 Å². The van der Waals surface area contributed by atoms with Crippen LogP contribution in [0.15, 0.2) is 24.5 Å². The lowest BCUT2D eigenvalue weighted by Crippen LogP contribution is -2.39. The summed E-state index contributed by atoms with van der Waals surface area (Å²) >= 11 is 0. The Bertz CT molecular complexity index is 375. The molecular weight excluding hydrogens is 228 g/mol. The van der Waals surface area contributed by atoms with E-state index in [0.717, 1.165) is 32.3 Å². The van der Waals surface area contributed by atoms with E-state index in [2.05, 4.69) is 16.8 Å². The summed E-state index contributed by atoms with van der Waals surface area (Å²) in [6.45, 7) is 5.94. The molecule has 0 aliphatic carbocycles. The van der Waals surface area contributed by atoms with E-state index in [1.807, 2.05) is 12.1 Å². The van der Waals surface area contributed by atoms with E-state index in [1.54, 1.807) is 12.4 Å². The summed E-state index contributed by atoms with van der Waals surface area (Å²) in [5, 5.41) is 0. The largest absolute Gasteiger partial charge is 0.380 e. The topological polar surface area (TPSA) is 42.4 Å². The van der Waals surface area contributed by atoms with Gasteiger partial charge < -0.3 is 9.53 Å². The molecule has 98 valence electrons. The number of carbonyl (C=O) groups excluding carboxylic acids is 1. The molecule has 1 aliphatic rings. The maximum Gasteiger partial charge on any atom is 0.129 e. The Morgan fingerprint density at radius 1 is 1.50 bits per heavy atom. The monoisotopic (exact) mass is 248 g/mol. The van der Waals surface area contributed by atoms with E-state index in [9.17, 15) is 4.79 Å². The van der Waals surface area contributed by atoms with Crippen molar-refractivity contribution in [2.75, 3.05) is 26.3 Å². The quantitative estimate of drug-likeness (QED) is 0.716. The molecule has 2 rings (SSSR count). The number of carbonyl (C=O) groups is 1. The van der Waals surface area contributed by atoms with Crippen LogP contribution in [0.1, 0.15) is 18.9 Å². The van der Waals surface area contributed by atoms with Gasteiger partial charge in [-0.3, -0.25) is 9.88 Å². The van der Waals surface area contributed by atoms with Crippen LogP contribution in [0.4, 0.5) is 0 Å². The van der Waals surface area contributed by atoms with Gasteiger partial charge in [0.25, 0.3) is 0 Å². The molecule has 18 heavy (non-hydrogen) atoms. The molecular formula is C14H20N2O2. The van der Waals surface area contributed by atoms with Crippen molar-refractivity contribution < 1.29 is 9.53 Å². The van der Waals surface area contributed by atoms with Crippen molar-refractivity contribution in [3.05, 3.63) is 30.1 Å². The maximum absolute atomic E-state index is 11.3. The predicted molar refractivity (Wildman–Crippen MR) is 69.1 cm³/mol. The van der Waals surface area contributed by atoms with E-state index in [0.29, 0.717) is 13.2 Å². The van der Waals surface area contributed by atoms with Crippen LogP contribution in [-0.4, -0.2) is 42.5 Å². The summed E-state index contributed by atoms with van der Waals surface area (Å²) in [5.41, 5.74) is 0.926. The lowest BCUT2D eigenvalue weighted by atomic mass is 9.88. The van der Waals surface area contributed by atoms with Crippen LogP contribution in [-0.2, 0) is 16.1 Å². The summed E-state index contributed by atoms with van der Waals surface area (Å²) in [4.78, 5) is 17.6. The van der Waals surface area contributed by atoms with Crippen molar-refractivity contribution in [1.82, 2.24) is 9.88 Å². The Labute approximate surface area is 108 Å². The summed E-state index contributed by atoms with van der Waals surface area (Å²) in [7, 11) is 0. The zero-order valence-electron chi connectivity index (χ0n) is 10.8. The summed E-state index contributed by atoms with van der Waals surface area (Å²) in [6, 6.07) is 4.03. The first kappa shape index (κ1) is 13.2. The first-order chi connectivity index (χ1) is 8.78. The van der Waals surface area contributed by atoms with Crippen molar-refractivity contribution in [2.24, 2.45) is 5.41 Å². The Balaban J connectivity index is 1.99. The van der Waals surface area contributed by atoms with Crippen LogP contribution in [0, 0.1) is 5.41 Å². The molecule has 1 atom stereocenters. The highest BCUT2D eigenvalue weighted by atomic mass is 16.5. The number of ether oxygens (including phenoxy) is 1. The molecule has 0 saturated carbocycles. The van der Waals surface area contributed by atoms with Crippen molar-refractivity contribution in [3.8, 4) is 0 Å². The van der Waals surface area contributed by atoms with Crippen LogP contribution in [0.3, 0.4) is 0 Å². The Hall–Kier alpha value is -1.26. The first-order valence-corrected chi connectivity index (χ1v) is 6.43. The first-order valence-electron chi connectivity index (χ1n) is 6.43. The van der Waals surface area contributed by atoms with Gasteiger partial charge in [0.05, 0.1) is 12.0 Å². The van der Waals surface area contributed by atoms with Crippen molar-refractivity contribution in [2.45, 2.75) is 19.9 Å². The summed E-state index contributed by atoms with van der Waals surface area (Å²) in [6.07, 6.45) is 5.52. The highest BCUT2D eigenvalue weighted by Gasteiger charge is 2.36. The number of pyridine rings is 1. The lowest BCUT2D eigenvalue weighted by molar-refractivity contribution is -0.117. The average molecular weight is 248 g/mol. The highest BCUT2D eigenvalue weighted by Crippen LogP contribution is 2.27. The van der Waals surface area contributed by atoms with Gasteiger partial charge in [0.1, 0.15) is 6.29 Å². The molecule has 1 unspecified atom stereocenters. The zero-order chi connectivity index (χ0) is 12.8. The van der Waals surface area contributed by atoms with Crippen molar-refractivity contribution in [1.29, 1.82) is 0 Å². The SMILES string of the molecule is CCN(Cc1ccncc1)CC1(C=O)CCOC1. The highest BCUT2D eigenvalue weighted by molar-refractivity contribution is 5.60. The predicted octanol–water partition coefficient (Wildman–Crippen LogP) is 1.51. The molecule has 1 aromatic heterocycles. The minimum absolute atomic E-state index is 0.303. The second-order valence-corrected chi connectivity index (χ2v) is 4.94. The molecule has 1 aromatic rings. The van der Waals surface area contributed by atoms with Crippen LogP contribution in [0.2, 0.25) is 0 Å². The molecule has 0 amide bonds. The third-order valence-corrected chi connectivity index (χ3v) is 3.53. The van der Waals surface area contributed by atoms with E-state index >= 15 is 0 Å². The fraction of sp³-hybridized carbons (Fsp3) is 0.571. The van der Waals surface area contributed by atoms with Gasteiger partial charge in [-0.15, -0.1) is 0 Å². The van der Waals surface area contributed by atoms with Crippen molar-refractivity contribution in [3.63, 3.8) is 0 Å². The average Bonchev–Trinajstić information content (AvgIpc) is 2.88. The molecule has 4 heteroatoms. The molecule has 4 nitrogen and oxygen atoms in total. The number of hydrogen-bond donors (Lipinski definition) is 0. The van der Waals surface area contributed by atoms with Crippen LogP contribution in [0.5, 0.6) is 0 Å². The minimum atomic E-state index is -0.303. The van der Waals surface area contributed by atoms with Gasteiger partial charge in [-0.05, 0) is 30.7 Å². The number of rotatable bonds is 6. The van der Waals surface area contributed by atoms with Crippen LogP contribution in [0.25, 0.3) is 0 Å². The molecule has 1 aliphatic heterocycles. The summed E-state index contributed by atoms with van der Waals surface area (Å²) in [5.74, 6) is 0. The third-order valence-electron chi connectivity index (χ3n) is 3.53. The zero-order valence-corrected chi connectivity index (χ0v) is 10.8. The van der Waals surface area contributed by atoms with Gasteiger partial charge in [-0.2, -0.15) is 0 Å². The van der Waals surface area contributed by atoms with E-state index in [-0.39, 0.29) is 5.41 Å². The third kappa shape index (κ3) is 3.15. The van der Waals surface area contributed by atoms with Crippen LogP contribution < -0.4 is 0 Å². The van der Waals surface area contributed by atoms with Crippen molar-refractivity contribution >= 4 is 6.29 Å². The van der Waals surface area contributed by atoms with Gasteiger partial charge in [0.15, 0.2) is 0 Å². The number of aldehydes is 1. The molecule has 0 aromatic carbocycles. The van der Waals surface area contributed by atoms with Gasteiger partial charge in [0.2, 0.25) is 0 Å². The second kappa shape index (κ2) is 6.07. The molecule has 1 saturated heterocycles. The second-order valence-electron chi connectivity index (χ2n) is 4.94. The fourth-order valence-corrected chi connectivity index (χ4v) is 2.35. The number of aromatic nitrogens is 1. The molecule has 0 N–H and O–H groups in total. The van der Waals surface area contributed by atoms with Gasteiger partial charge >= 0.3 is 0 Å². The molecule has 1 fully saturated rings. The smallest absolute Gasteiger partial charge is 0.129 e. The molecule has 0 bridgehead atoms. The molecule has 0 spiro atoms. The normalized spacial score (nSPS) is 23.4. The molecule has 0 radical (unpaired) electrons. The summed E-state index contributed by atoms with van der Waals surface area (Å²) < 4.78 is 5.38. The minimum Gasteiger partial charge on any atom is -0.380 e. The number of nitrogens with zero attached hydrogens (tertiary/aromatic N) is 2. The molecule has 2 heterocycles. The standard InChI is InChI=1S/C14H20N2O2/c1-2-16(9-13-3-6-15-7-4-13)10-14(11-17)5-8-18-12-14/h3-4,6-7,11H,2,5,8-10,12H2,1H3. The van der Waals surface area contributed by atoms with Crippen LogP contribution >= 0.6 is 0 Å². The lowest BCUT2D eigenvalue weighted by Gasteiger charge is -2.29. The maximum atomic E-state index is 11.3. The van der Waals surface area contributed by atoms with E-state index in [1.165, 1.54) is 5.56 Å². The van der Waals surface area contributed by atoms with Gasteiger partial charge in [0, 0.05) is 32.1 Å². The van der Waals surface area contributed by atoms with Gasteiger partial charge in [-0.1, -0.05) is 6.92 Å². The van der Waals surface area contributed by atoms with E-state index in [4.69, 9.17) is 4.74 Å². The van der Waals surface area contributed by atoms with Gasteiger partial charge in [-0.25, -0.2) is 0 Å². The Morgan fingerprint density at radius 2 is 2.28 bits per heavy atom. The number of hydrogen-bond acceptors (Lipinski definition) is 4. The Morgan fingerprint density at radius 3 is 2.83 bits per heavy atom. The Kier molecular flexibility index (Phi) is 4.44. The fourth-order valence-electron chi connectivity index (χ4n) is 2.35.